The first-order valence-corrected chi connectivity index (χ1v) is 8.54. The first kappa shape index (κ1) is 20.4. The van der Waals surface area contributed by atoms with Crippen molar-refractivity contribution >= 4 is 17.7 Å². The van der Waals surface area contributed by atoms with Crippen LogP contribution in [0.15, 0.2) is 36.5 Å². The highest BCUT2D eigenvalue weighted by atomic mass is 19.4. The van der Waals surface area contributed by atoms with Crippen molar-refractivity contribution in [1.82, 2.24) is 9.78 Å². The van der Waals surface area contributed by atoms with Crippen LogP contribution in [0.4, 0.5) is 19.0 Å². The number of halogens is 3. The highest BCUT2D eigenvalue weighted by molar-refractivity contribution is 6.09. The molecule has 0 radical (unpaired) electrons. The number of carboxylic acid groups (broad SMARTS) is 1. The molecule has 1 aliphatic heterocycles. The molecule has 1 aromatic carbocycles. The van der Waals surface area contributed by atoms with Gasteiger partial charge in [0.15, 0.2) is 11.4 Å². The summed E-state index contributed by atoms with van der Waals surface area (Å²) in [6, 6.07) is 5.62. The second kappa shape index (κ2) is 7.60. The minimum Gasteiger partial charge on any atom is -0.479 e. The number of carbonyl (C=O) groups is 2. The van der Waals surface area contributed by atoms with Gasteiger partial charge in [-0.15, -0.1) is 11.5 Å². The number of ether oxygens (including phenoxy) is 1. The summed E-state index contributed by atoms with van der Waals surface area (Å²) in [6.07, 6.45) is 2.21. The van der Waals surface area contributed by atoms with Crippen molar-refractivity contribution < 1.29 is 32.6 Å². The maximum atomic E-state index is 12.7. The molecule has 3 rings (SSSR count). The number of hydrogen-bond donors (Lipinski definition) is 1. The van der Waals surface area contributed by atoms with Gasteiger partial charge in [0, 0.05) is 38.3 Å². The van der Waals surface area contributed by atoms with E-state index in [-0.39, 0.29) is 31.9 Å². The van der Waals surface area contributed by atoms with E-state index < -0.39 is 29.2 Å². The number of nitrogens with zero attached hydrogens (tertiary/aromatic N) is 3. The average molecular weight is 407 g/mol. The van der Waals surface area contributed by atoms with E-state index >= 15 is 0 Å². The van der Waals surface area contributed by atoms with Gasteiger partial charge in [-0.3, -0.25) is 9.69 Å². The van der Waals surface area contributed by atoms with Gasteiger partial charge in [0.2, 0.25) is 0 Å². The van der Waals surface area contributed by atoms with Crippen LogP contribution in [0.25, 0.3) is 5.69 Å². The van der Waals surface area contributed by atoms with Gasteiger partial charge in [0.25, 0.3) is 0 Å². The molecule has 1 aliphatic rings. The maximum Gasteiger partial charge on any atom is 0.416 e. The largest absolute Gasteiger partial charge is 0.479 e. The molecule has 29 heavy (non-hydrogen) atoms. The normalized spacial score (nSPS) is 16.1. The second-order valence-electron chi connectivity index (χ2n) is 6.40. The topological polar surface area (TPSA) is 84.7 Å². The third-order valence-electron chi connectivity index (χ3n) is 4.74. The van der Waals surface area contributed by atoms with Gasteiger partial charge in [-0.25, -0.2) is 9.48 Å². The lowest BCUT2D eigenvalue weighted by atomic mass is 9.87. The van der Waals surface area contributed by atoms with E-state index in [4.69, 9.17) is 11.2 Å². The number of aromatic nitrogens is 2. The quantitative estimate of drug-likeness (QED) is 0.788. The predicted molar refractivity (Wildman–Crippen MR) is 95.3 cm³/mol. The number of benzene rings is 1. The van der Waals surface area contributed by atoms with Crippen LogP contribution in [0.1, 0.15) is 18.4 Å². The molecule has 2 aromatic rings. The van der Waals surface area contributed by atoms with Crippen LogP contribution >= 0.6 is 0 Å². The maximum absolute atomic E-state index is 12.7. The molecule has 152 valence electrons. The number of alkyl halides is 3. The average Bonchev–Trinajstić information content (AvgIpc) is 3.17. The fourth-order valence-corrected chi connectivity index (χ4v) is 3.20. The van der Waals surface area contributed by atoms with Gasteiger partial charge in [-0.05, 0) is 30.2 Å². The smallest absolute Gasteiger partial charge is 0.416 e. The SMILES string of the molecule is C#CC(=O)N(c1ccn(-c2ccc(C(F)(F)F)cc2)n1)C1(C(=O)O)CCOCC1. The summed E-state index contributed by atoms with van der Waals surface area (Å²) >= 11 is 0. The van der Waals surface area contributed by atoms with E-state index in [9.17, 15) is 27.9 Å². The van der Waals surface area contributed by atoms with E-state index in [0.717, 1.165) is 17.0 Å². The summed E-state index contributed by atoms with van der Waals surface area (Å²) in [5, 5.41) is 14.0. The summed E-state index contributed by atoms with van der Waals surface area (Å²) in [7, 11) is 0. The van der Waals surface area contributed by atoms with Gasteiger partial charge in [0.1, 0.15) is 0 Å². The van der Waals surface area contributed by atoms with E-state index in [1.807, 2.05) is 5.92 Å². The molecule has 1 fully saturated rings. The predicted octanol–water partition coefficient (Wildman–Crippen LogP) is 2.49. The van der Waals surface area contributed by atoms with E-state index in [1.54, 1.807) is 0 Å². The fourth-order valence-electron chi connectivity index (χ4n) is 3.20. The van der Waals surface area contributed by atoms with Crippen LogP contribution in [0.3, 0.4) is 0 Å². The molecule has 1 N–H and O–H groups in total. The van der Waals surface area contributed by atoms with Crippen LogP contribution in [-0.4, -0.2) is 45.5 Å². The molecule has 0 unspecified atom stereocenters. The third-order valence-corrected chi connectivity index (χ3v) is 4.74. The Morgan fingerprint density at radius 3 is 2.34 bits per heavy atom. The fraction of sp³-hybridized carbons (Fsp3) is 0.316. The van der Waals surface area contributed by atoms with Gasteiger partial charge in [-0.2, -0.15) is 13.2 Å². The van der Waals surface area contributed by atoms with E-state index in [0.29, 0.717) is 5.69 Å². The minimum atomic E-state index is -4.47. The van der Waals surface area contributed by atoms with Crippen LogP contribution in [0.5, 0.6) is 0 Å². The Hall–Kier alpha value is -3.32. The molecule has 1 amide bonds. The van der Waals surface area contributed by atoms with Gasteiger partial charge in [-0.1, -0.05) is 0 Å². The van der Waals surface area contributed by atoms with Gasteiger partial charge >= 0.3 is 18.1 Å². The van der Waals surface area contributed by atoms with Crippen LogP contribution in [-0.2, 0) is 20.5 Å². The molecule has 0 aliphatic carbocycles. The molecule has 1 aromatic heterocycles. The highest BCUT2D eigenvalue weighted by Crippen LogP contribution is 2.33. The summed E-state index contributed by atoms with van der Waals surface area (Å²) in [5.74, 6) is -0.219. The zero-order valence-corrected chi connectivity index (χ0v) is 15.0. The van der Waals surface area contributed by atoms with Gasteiger partial charge < -0.3 is 9.84 Å². The molecule has 1 saturated heterocycles. The van der Waals surface area contributed by atoms with Crippen molar-refractivity contribution in [3.8, 4) is 18.0 Å². The molecule has 0 atom stereocenters. The summed E-state index contributed by atoms with van der Waals surface area (Å²) in [5.41, 5.74) is -2.14. The second-order valence-corrected chi connectivity index (χ2v) is 6.40. The number of rotatable bonds is 4. The van der Waals surface area contributed by atoms with Crippen molar-refractivity contribution in [1.29, 1.82) is 0 Å². The minimum absolute atomic E-state index is 0.0165. The van der Waals surface area contributed by atoms with E-state index in [1.165, 1.54) is 29.1 Å². The van der Waals surface area contributed by atoms with Crippen LogP contribution in [0.2, 0.25) is 0 Å². The number of terminal acetylenes is 1. The Balaban J connectivity index is 2.00. The molecule has 0 saturated carbocycles. The number of hydrogen-bond acceptors (Lipinski definition) is 4. The summed E-state index contributed by atoms with van der Waals surface area (Å²) in [6.45, 7) is 0.251. The zero-order valence-electron chi connectivity index (χ0n) is 15.0. The lowest BCUT2D eigenvalue weighted by molar-refractivity contribution is -0.148. The highest BCUT2D eigenvalue weighted by Gasteiger charge is 2.49. The zero-order chi connectivity index (χ0) is 21.2. The number of amides is 1. The summed E-state index contributed by atoms with van der Waals surface area (Å²) < 4.78 is 44.7. The van der Waals surface area contributed by atoms with Crippen molar-refractivity contribution in [3.05, 3.63) is 42.1 Å². The van der Waals surface area contributed by atoms with Gasteiger partial charge in [0.05, 0.1) is 11.3 Å². The summed E-state index contributed by atoms with van der Waals surface area (Å²) in [4.78, 5) is 25.4. The molecular weight excluding hydrogens is 391 g/mol. The standard InChI is InChI=1S/C19H16F3N3O4/c1-2-16(26)25(18(17(27)28)8-11-29-12-9-18)15-7-10-24(23-15)14-5-3-13(4-6-14)19(20,21)22/h1,3-7,10H,8-9,11-12H2,(H,27,28). The lowest BCUT2D eigenvalue weighted by Crippen LogP contribution is -2.60. The molecule has 0 bridgehead atoms. The number of carboxylic acids is 1. The van der Waals surface area contributed by atoms with Crippen molar-refractivity contribution in [2.24, 2.45) is 0 Å². The monoisotopic (exact) mass is 407 g/mol. The Morgan fingerprint density at radius 2 is 1.83 bits per heavy atom. The Kier molecular flexibility index (Phi) is 5.35. The Labute approximate surface area is 163 Å². The van der Waals surface area contributed by atoms with Crippen molar-refractivity contribution in [3.63, 3.8) is 0 Å². The molecular formula is C19H16F3N3O4. The first-order valence-electron chi connectivity index (χ1n) is 8.54. The Bertz CT molecular complexity index is 954. The lowest BCUT2D eigenvalue weighted by Gasteiger charge is -2.40. The van der Waals surface area contributed by atoms with Crippen molar-refractivity contribution in [2.45, 2.75) is 24.6 Å². The van der Waals surface area contributed by atoms with Crippen molar-refractivity contribution in [2.75, 3.05) is 18.1 Å². The first-order chi connectivity index (χ1) is 13.7. The third kappa shape index (κ3) is 3.82. The Morgan fingerprint density at radius 1 is 1.21 bits per heavy atom. The molecule has 0 spiro atoms. The number of carbonyl (C=O) groups excluding carboxylic acids is 1. The van der Waals surface area contributed by atoms with Crippen LogP contribution < -0.4 is 4.90 Å². The van der Waals surface area contributed by atoms with Crippen LogP contribution in [0, 0.1) is 12.3 Å². The van der Waals surface area contributed by atoms with E-state index in [2.05, 4.69) is 5.10 Å². The molecule has 2 heterocycles. The number of anilines is 1. The molecule has 10 heteroatoms. The number of aliphatic carboxylic acids is 1. The molecule has 7 nitrogen and oxygen atoms in total.